The maximum atomic E-state index is 12.1. The van der Waals surface area contributed by atoms with E-state index in [1.807, 2.05) is 10.3 Å². The van der Waals surface area contributed by atoms with E-state index in [0.29, 0.717) is 12.5 Å². The van der Waals surface area contributed by atoms with Gasteiger partial charge in [-0.2, -0.15) is 0 Å². The molecule has 1 N–H and O–H groups in total. The second-order valence-corrected chi connectivity index (χ2v) is 5.35. The molecule has 1 aliphatic heterocycles. The summed E-state index contributed by atoms with van der Waals surface area (Å²) >= 11 is 1.64. The summed E-state index contributed by atoms with van der Waals surface area (Å²) in [5, 5.41) is 6.40. The van der Waals surface area contributed by atoms with Gasteiger partial charge in [0.15, 0.2) is 0 Å². The number of halogens is 2. The van der Waals surface area contributed by atoms with E-state index in [4.69, 9.17) is 0 Å². The third kappa shape index (κ3) is 4.91. The van der Waals surface area contributed by atoms with E-state index < -0.39 is 0 Å². The van der Waals surface area contributed by atoms with Crippen molar-refractivity contribution in [3.8, 4) is 0 Å². The molecule has 1 aromatic rings. The van der Waals surface area contributed by atoms with Crippen molar-refractivity contribution in [2.45, 2.75) is 32.7 Å². The van der Waals surface area contributed by atoms with Gasteiger partial charge in [-0.1, -0.05) is 6.92 Å². The second kappa shape index (κ2) is 8.74. The number of amides is 1. The van der Waals surface area contributed by atoms with Crippen molar-refractivity contribution >= 4 is 42.1 Å². The quantitative estimate of drug-likeness (QED) is 0.923. The van der Waals surface area contributed by atoms with Gasteiger partial charge in [-0.3, -0.25) is 4.79 Å². The molecule has 0 aliphatic carbocycles. The van der Waals surface area contributed by atoms with Gasteiger partial charge in [0, 0.05) is 31.1 Å². The Kier molecular flexibility index (Phi) is 8.57. The van der Waals surface area contributed by atoms with Gasteiger partial charge in [-0.25, -0.2) is 4.98 Å². The van der Waals surface area contributed by atoms with Crippen LogP contribution in [-0.4, -0.2) is 41.5 Å². The summed E-state index contributed by atoms with van der Waals surface area (Å²) in [6.45, 7) is 6.77. The highest BCUT2D eigenvalue weighted by Gasteiger charge is 2.23. The number of carbonyl (C=O) groups is 1. The maximum absolute atomic E-state index is 12.1. The van der Waals surface area contributed by atoms with Crippen LogP contribution in [0.4, 0.5) is 0 Å². The number of rotatable bonds is 3. The number of aromatic nitrogens is 1. The van der Waals surface area contributed by atoms with Crippen LogP contribution >= 0.6 is 36.2 Å². The minimum atomic E-state index is 0. The standard InChI is InChI=1S/C12H19N3OS.2ClH/c1-3-11-14-10(8-17-11)6-12(16)15-5-4-13-7-9(15)2;;/h8-9,13H,3-7H2,1-2H3;2*1H. The summed E-state index contributed by atoms with van der Waals surface area (Å²) in [6, 6.07) is 0.292. The van der Waals surface area contributed by atoms with Crippen molar-refractivity contribution in [3.05, 3.63) is 16.1 Å². The van der Waals surface area contributed by atoms with Crippen LogP contribution in [-0.2, 0) is 17.6 Å². The van der Waals surface area contributed by atoms with Crippen molar-refractivity contribution in [3.63, 3.8) is 0 Å². The fourth-order valence-corrected chi connectivity index (χ4v) is 2.81. The van der Waals surface area contributed by atoms with Gasteiger partial charge in [-0.15, -0.1) is 36.2 Å². The van der Waals surface area contributed by atoms with Gasteiger partial charge in [0.05, 0.1) is 17.1 Å². The van der Waals surface area contributed by atoms with Crippen molar-refractivity contribution in [1.82, 2.24) is 15.2 Å². The minimum Gasteiger partial charge on any atom is -0.337 e. The summed E-state index contributed by atoms with van der Waals surface area (Å²) in [6.07, 6.45) is 1.39. The first kappa shape index (κ1) is 18.6. The molecule has 2 heterocycles. The van der Waals surface area contributed by atoms with Gasteiger partial charge < -0.3 is 10.2 Å². The Labute approximate surface area is 130 Å². The molecule has 1 saturated heterocycles. The highest BCUT2D eigenvalue weighted by molar-refractivity contribution is 7.09. The molecular weight excluding hydrogens is 305 g/mol. The van der Waals surface area contributed by atoms with Crippen LogP contribution in [0.1, 0.15) is 24.5 Å². The lowest BCUT2D eigenvalue weighted by Gasteiger charge is -2.33. The number of carbonyl (C=O) groups excluding carboxylic acids is 1. The Balaban J connectivity index is 0.00000162. The monoisotopic (exact) mass is 325 g/mol. The zero-order chi connectivity index (χ0) is 12.3. The first-order valence-corrected chi connectivity index (χ1v) is 7.02. The van der Waals surface area contributed by atoms with Gasteiger partial charge in [-0.05, 0) is 13.3 Å². The van der Waals surface area contributed by atoms with E-state index in [2.05, 4.69) is 24.1 Å². The molecule has 1 atom stereocenters. The van der Waals surface area contributed by atoms with Gasteiger partial charge >= 0.3 is 0 Å². The van der Waals surface area contributed by atoms with Crippen molar-refractivity contribution in [2.24, 2.45) is 0 Å². The molecule has 1 aromatic heterocycles. The molecule has 0 spiro atoms. The first-order chi connectivity index (χ1) is 8.20. The number of nitrogens with one attached hydrogen (secondary N) is 1. The first-order valence-electron chi connectivity index (χ1n) is 6.14. The molecule has 0 aromatic carbocycles. The smallest absolute Gasteiger partial charge is 0.228 e. The fourth-order valence-electron chi connectivity index (χ4n) is 2.06. The topological polar surface area (TPSA) is 45.2 Å². The number of hydrogen-bond donors (Lipinski definition) is 1. The van der Waals surface area contributed by atoms with Gasteiger partial charge in [0.2, 0.25) is 5.91 Å². The normalized spacial score (nSPS) is 18.4. The molecular formula is C12H21Cl2N3OS. The number of thiazole rings is 1. The Hall–Kier alpha value is -0.360. The lowest BCUT2D eigenvalue weighted by Crippen LogP contribution is -2.52. The van der Waals surface area contributed by atoms with Crippen LogP contribution in [0.15, 0.2) is 5.38 Å². The SMILES string of the molecule is CCc1nc(CC(=O)N2CCNCC2C)cs1.Cl.Cl. The van der Waals surface area contributed by atoms with E-state index in [-0.39, 0.29) is 30.7 Å². The molecule has 0 radical (unpaired) electrons. The fraction of sp³-hybridized carbons (Fsp3) is 0.667. The molecule has 2 rings (SSSR count). The Morgan fingerprint density at radius 3 is 2.89 bits per heavy atom. The van der Waals surface area contributed by atoms with Crippen molar-refractivity contribution in [1.29, 1.82) is 0 Å². The van der Waals surface area contributed by atoms with Crippen molar-refractivity contribution in [2.75, 3.05) is 19.6 Å². The summed E-state index contributed by atoms with van der Waals surface area (Å²) in [5.74, 6) is 0.201. The van der Waals surface area contributed by atoms with E-state index in [0.717, 1.165) is 36.8 Å². The molecule has 0 saturated carbocycles. The second-order valence-electron chi connectivity index (χ2n) is 4.40. The molecule has 1 fully saturated rings. The predicted molar refractivity (Wildman–Crippen MR) is 83.7 cm³/mol. The van der Waals surface area contributed by atoms with Gasteiger partial charge in [0.1, 0.15) is 0 Å². The van der Waals surface area contributed by atoms with E-state index in [9.17, 15) is 4.79 Å². The number of hydrogen-bond acceptors (Lipinski definition) is 4. The lowest BCUT2D eigenvalue weighted by molar-refractivity contribution is -0.133. The predicted octanol–water partition coefficient (Wildman–Crippen LogP) is 1.91. The van der Waals surface area contributed by atoms with E-state index in [1.54, 1.807) is 11.3 Å². The summed E-state index contributed by atoms with van der Waals surface area (Å²) < 4.78 is 0. The Morgan fingerprint density at radius 2 is 2.32 bits per heavy atom. The zero-order valence-corrected chi connectivity index (χ0v) is 13.7. The number of aryl methyl sites for hydroxylation is 1. The summed E-state index contributed by atoms with van der Waals surface area (Å²) in [5.41, 5.74) is 0.919. The van der Waals surface area contributed by atoms with Crippen LogP contribution in [0.2, 0.25) is 0 Å². The van der Waals surface area contributed by atoms with Gasteiger partial charge in [0.25, 0.3) is 0 Å². The maximum Gasteiger partial charge on any atom is 0.228 e. The average molecular weight is 326 g/mol. The molecule has 7 heteroatoms. The largest absolute Gasteiger partial charge is 0.337 e. The van der Waals surface area contributed by atoms with Crippen LogP contribution in [0.5, 0.6) is 0 Å². The summed E-state index contributed by atoms with van der Waals surface area (Å²) in [7, 11) is 0. The highest BCUT2D eigenvalue weighted by Crippen LogP contribution is 2.13. The lowest BCUT2D eigenvalue weighted by atomic mass is 10.2. The van der Waals surface area contributed by atoms with E-state index in [1.165, 1.54) is 0 Å². The minimum absolute atomic E-state index is 0. The number of piperazine rings is 1. The molecule has 110 valence electrons. The molecule has 1 amide bonds. The molecule has 4 nitrogen and oxygen atoms in total. The molecule has 1 aliphatic rings. The van der Waals surface area contributed by atoms with Crippen molar-refractivity contribution < 1.29 is 4.79 Å². The zero-order valence-electron chi connectivity index (χ0n) is 11.2. The van der Waals surface area contributed by atoms with Crippen LogP contribution in [0.25, 0.3) is 0 Å². The highest BCUT2D eigenvalue weighted by atomic mass is 35.5. The molecule has 0 bridgehead atoms. The van der Waals surface area contributed by atoms with Crippen LogP contribution < -0.4 is 5.32 Å². The Morgan fingerprint density at radius 1 is 1.58 bits per heavy atom. The molecule has 1 unspecified atom stereocenters. The van der Waals surface area contributed by atoms with Crippen LogP contribution in [0, 0.1) is 0 Å². The average Bonchev–Trinajstić information content (AvgIpc) is 2.77. The number of nitrogens with zero attached hydrogens (tertiary/aromatic N) is 2. The third-order valence-corrected chi connectivity index (χ3v) is 4.10. The summed E-state index contributed by atoms with van der Waals surface area (Å²) in [4.78, 5) is 18.5. The Bertz CT molecular complexity index is 400. The van der Waals surface area contributed by atoms with Crippen LogP contribution in [0.3, 0.4) is 0 Å². The van der Waals surface area contributed by atoms with E-state index >= 15 is 0 Å². The third-order valence-electron chi connectivity index (χ3n) is 3.06. The molecule has 19 heavy (non-hydrogen) atoms.